The second-order valence-corrected chi connectivity index (χ2v) is 12.0. The zero-order valence-corrected chi connectivity index (χ0v) is 23.1. The van der Waals surface area contributed by atoms with Crippen LogP contribution in [0.5, 0.6) is 0 Å². The van der Waals surface area contributed by atoms with Crippen molar-refractivity contribution >= 4 is 44.1 Å². The van der Waals surface area contributed by atoms with Gasteiger partial charge in [0.15, 0.2) is 0 Å². The maximum absolute atomic E-state index is 13.6. The summed E-state index contributed by atoms with van der Waals surface area (Å²) in [5, 5.41) is 3.38. The lowest BCUT2D eigenvalue weighted by atomic mass is 9.89. The van der Waals surface area contributed by atoms with Gasteiger partial charge in [0.25, 0.3) is 5.91 Å². The monoisotopic (exact) mass is 532 g/mol. The zero-order chi connectivity index (χ0) is 26.3. The summed E-state index contributed by atoms with van der Waals surface area (Å²) < 4.78 is 0. The third-order valence-electron chi connectivity index (χ3n) is 8.27. The van der Waals surface area contributed by atoms with Crippen molar-refractivity contribution in [1.29, 1.82) is 0 Å². The molecule has 0 bridgehead atoms. The van der Waals surface area contributed by atoms with Crippen molar-refractivity contribution in [3.63, 3.8) is 0 Å². The molecule has 5 aromatic rings. The molecule has 0 N–H and O–H groups in total. The van der Waals surface area contributed by atoms with Crippen molar-refractivity contribution in [3.8, 4) is 0 Å². The number of amides is 1. The van der Waals surface area contributed by atoms with Gasteiger partial charge in [-0.2, -0.15) is 0 Å². The number of anilines is 1. The fourth-order valence-corrected chi connectivity index (χ4v) is 7.55. The number of thiophene rings is 1. The van der Waals surface area contributed by atoms with Crippen molar-refractivity contribution in [3.05, 3.63) is 100 Å². The number of nitrogens with zero attached hydrogens (tertiary/aromatic N) is 4. The summed E-state index contributed by atoms with van der Waals surface area (Å²) in [7, 11) is 0. The Morgan fingerprint density at radius 1 is 0.923 bits per heavy atom. The third kappa shape index (κ3) is 4.57. The minimum absolute atomic E-state index is 0.117. The molecule has 1 saturated heterocycles. The molecule has 6 heteroatoms. The number of benzene rings is 3. The highest BCUT2D eigenvalue weighted by Crippen LogP contribution is 2.41. The molecule has 2 aliphatic rings. The summed E-state index contributed by atoms with van der Waals surface area (Å²) in [6, 6.07) is 24.6. The van der Waals surface area contributed by atoms with Crippen LogP contribution in [0.25, 0.3) is 21.0 Å². The average Bonchev–Trinajstić information content (AvgIpc) is 3.34. The topological polar surface area (TPSA) is 49.3 Å². The molecule has 39 heavy (non-hydrogen) atoms. The Morgan fingerprint density at radius 2 is 1.69 bits per heavy atom. The lowest BCUT2D eigenvalue weighted by Crippen LogP contribution is -2.49. The molecule has 1 unspecified atom stereocenters. The first-order chi connectivity index (χ1) is 19.1. The fraction of sp³-hybridized carbons (Fsp3) is 0.303. The van der Waals surface area contributed by atoms with Crippen molar-refractivity contribution in [2.45, 2.75) is 32.6 Å². The summed E-state index contributed by atoms with van der Waals surface area (Å²) in [6.45, 7) is 5.27. The summed E-state index contributed by atoms with van der Waals surface area (Å²) in [6.07, 6.45) is 4.18. The van der Waals surface area contributed by atoms with E-state index in [0.29, 0.717) is 13.1 Å². The van der Waals surface area contributed by atoms with Crippen LogP contribution in [0.3, 0.4) is 0 Å². The Kier molecular flexibility index (Phi) is 6.28. The number of carbonyl (C=O) groups is 1. The van der Waals surface area contributed by atoms with Crippen molar-refractivity contribution < 1.29 is 4.79 Å². The first-order valence-electron chi connectivity index (χ1n) is 14.0. The molecule has 1 aliphatic heterocycles. The normalized spacial score (nSPS) is 17.5. The lowest BCUT2D eigenvalue weighted by molar-refractivity contribution is 0.0748. The van der Waals surface area contributed by atoms with Gasteiger partial charge in [-0.1, -0.05) is 73.7 Å². The molecule has 7 rings (SSSR count). The summed E-state index contributed by atoms with van der Waals surface area (Å²) in [4.78, 5) is 30.9. The Morgan fingerprint density at radius 3 is 2.54 bits per heavy atom. The molecule has 5 nitrogen and oxygen atoms in total. The van der Waals surface area contributed by atoms with E-state index in [-0.39, 0.29) is 5.91 Å². The maximum Gasteiger partial charge on any atom is 0.254 e. The third-order valence-corrected chi connectivity index (χ3v) is 9.42. The second-order valence-electron chi connectivity index (χ2n) is 11.0. The number of hydrogen-bond acceptors (Lipinski definition) is 5. The van der Waals surface area contributed by atoms with Gasteiger partial charge >= 0.3 is 0 Å². The fourth-order valence-electron chi connectivity index (χ4n) is 6.16. The van der Waals surface area contributed by atoms with Crippen LogP contribution in [0.15, 0.2) is 72.8 Å². The van der Waals surface area contributed by atoms with Crippen molar-refractivity contribution in [2.75, 3.05) is 31.1 Å². The quantitative estimate of drug-likeness (QED) is 0.264. The Hall–Kier alpha value is -3.77. The molecule has 1 aliphatic carbocycles. The molecule has 2 aromatic heterocycles. The van der Waals surface area contributed by atoms with Crippen molar-refractivity contribution in [2.24, 2.45) is 5.92 Å². The van der Waals surface area contributed by atoms with Crippen LogP contribution in [0.2, 0.25) is 0 Å². The Labute approximate surface area is 233 Å². The van der Waals surface area contributed by atoms with Crippen LogP contribution in [-0.2, 0) is 19.3 Å². The minimum atomic E-state index is 0.117. The van der Waals surface area contributed by atoms with E-state index in [2.05, 4.69) is 48.2 Å². The number of aryl methyl sites for hydroxylation is 1. The van der Waals surface area contributed by atoms with Gasteiger partial charge in [0, 0.05) is 43.0 Å². The SMILES string of the molecule is CC1CCc2c(sc3nc(Cc4ccccc4)nc(N4CCN(C(=O)c5cccc6ccccc56)CC4)c23)C1. The molecule has 196 valence electrons. The lowest BCUT2D eigenvalue weighted by Gasteiger charge is -2.36. The van der Waals surface area contributed by atoms with E-state index in [0.717, 1.165) is 71.1 Å². The van der Waals surface area contributed by atoms with Gasteiger partial charge in [0.05, 0.1) is 5.39 Å². The maximum atomic E-state index is 13.6. The van der Waals surface area contributed by atoms with Gasteiger partial charge in [-0.25, -0.2) is 9.97 Å². The number of piperazine rings is 1. The first-order valence-corrected chi connectivity index (χ1v) is 14.8. The molecule has 0 saturated carbocycles. The van der Waals surface area contributed by atoms with Gasteiger partial charge in [0.1, 0.15) is 16.5 Å². The predicted octanol–water partition coefficient (Wildman–Crippen LogP) is 6.52. The number of hydrogen-bond donors (Lipinski definition) is 0. The Balaban J connectivity index is 1.20. The van der Waals surface area contributed by atoms with E-state index in [1.54, 1.807) is 0 Å². The van der Waals surface area contributed by atoms with Crippen LogP contribution < -0.4 is 4.90 Å². The molecule has 0 radical (unpaired) electrons. The number of rotatable bonds is 4. The van der Waals surface area contributed by atoms with Crippen LogP contribution in [0.1, 0.15) is 45.5 Å². The summed E-state index contributed by atoms with van der Waals surface area (Å²) in [5.41, 5.74) is 3.48. The largest absolute Gasteiger partial charge is 0.352 e. The van der Waals surface area contributed by atoms with Crippen LogP contribution >= 0.6 is 11.3 Å². The predicted molar refractivity (Wildman–Crippen MR) is 160 cm³/mol. The molecular weight excluding hydrogens is 500 g/mol. The van der Waals surface area contributed by atoms with Gasteiger partial charge in [-0.15, -0.1) is 11.3 Å². The van der Waals surface area contributed by atoms with E-state index >= 15 is 0 Å². The van der Waals surface area contributed by atoms with E-state index in [1.807, 2.05) is 52.6 Å². The van der Waals surface area contributed by atoms with E-state index in [4.69, 9.17) is 9.97 Å². The standard InChI is InChI=1S/C33H32N4OS/c1-22-14-15-27-28(20-22)39-32-30(27)31(34-29(35-32)21-23-8-3-2-4-9-23)36-16-18-37(19-17-36)33(38)26-13-7-11-24-10-5-6-12-25(24)26/h2-13,22H,14-21H2,1H3. The average molecular weight is 533 g/mol. The molecule has 3 aromatic carbocycles. The van der Waals surface area contributed by atoms with Crippen LogP contribution in [0.4, 0.5) is 5.82 Å². The molecule has 1 fully saturated rings. The van der Waals surface area contributed by atoms with Gasteiger partial charge < -0.3 is 9.80 Å². The molecule has 1 amide bonds. The minimum Gasteiger partial charge on any atom is -0.352 e. The van der Waals surface area contributed by atoms with Crippen molar-refractivity contribution in [1.82, 2.24) is 14.9 Å². The van der Waals surface area contributed by atoms with Crippen LogP contribution in [-0.4, -0.2) is 47.0 Å². The molecule has 1 atom stereocenters. The number of carbonyl (C=O) groups excluding carboxylic acids is 1. The van der Waals surface area contributed by atoms with Gasteiger partial charge in [-0.3, -0.25) is 4.79 Å². The smallest absolute Gasteiger partial charge is 0.254 e. The first kappa shape index (κ1) is 24.3. The second kappa shape index (κ2) is 10.1. The molecule has 0 spiro atoms. The van der Waals surface area contributed by atoms with Gasteiger partial charge in [-0.05, 0) is 53.1 Å². The summed E-state index contributed by atoms with van der Waals surface area (Å²) in [5.74, 6) is 2.78. The molecule has 3 heterocycles. The number of aromatic nitrogens is 2. The highest BCUT2D eigenvalue weighted by atomic mass is 32.1. The highest BCUT2D eigenvalue weighted by Gasteiger charge is 2.29. The van der Waals surface area contributed by atoms with Gasteiger partial charge in [0.2, 0.25) is 0 Å². The molecular formula is C33H32N4OS. The van der Waals surface area contributed by atoms with E-state index < -0.39 is 0 Å². The van der Waals surface area contributed by atoms with E-state index in [9.17, 15) is 4.79 Å². The Bertz CT molecular complexity index is 1660. The highest BCUT2D eigenvalue weighted by molar-refractivity contribution is 7.19. The summed E-state index contributed by atoms with van der Waals surface area (Å²) >= 11 is 1.87. The van der Waals surface area contributed by atoms with Crippen LogP contribution in [0, 0.1) is 5.92 Å². The number of fused-ring (bicyclic) bond motifs is 4. The van der Waals surface area contributed by atoms with E-state index in [1.165, 1.54) is 27.8 Å². The zero-order valence-electron chi connectivity index (χ0n) is 22.3.